The highest BCUT2D eigenvalue weighted by Gasteiger charge is 2.07. The van der Waals surface area contributed by atoms with Crippen LogP contribution in [0.25, 0.3) is 5.69 Å². The molecule has 0 saturated carbocycles. The smallest absolute Gasteiger partial charge is 0.222 e. The number of carbonyl (C=O) groups excluding carboxylic acids is 1. The van der Waals surface area contributed by atoms with Crippen LogP contribution in [0.1, 0.15) is 19.3 Å². The number of halogens is 1. The minimum Gasteiger partial charge on any atom is -0.349 e. The fourth-order valence-electron chi connectivity index (χ4n) is 1.98. The van der Waals surface area contributed by atoms with Gasteiger partial charge in [0.1, 0.15) is 5.82 Å². The van der Waals surface area contributed by atoms with Crippen molar-refractivity contribution in [2.24, 2.45) is 0 Å². The lowest BCUT2D eigenvalue weighted by molar-refractivity contribution is -0.128. The van der Waals surface area contributed by atoms with Gasteiger partial charge in [0.25, 0.3) is 0 Å². The third-order valence-corrected chi connectivity index (χ3v) is 4.26. The van der Waals surface area contributed by atoms with Crippen LogP contribution in [0, 0.1) is 5.82 Å². The Kier molecular flexibility index (Phi) is 6.00. The molecule has 1 aromatic heterocycles. The van der Waals surface area contributed by atoms with E-state index in [1.54, 1.807) is 43.0 Å². The molecule has 22 heavy (non-hydrogen) atoms. The van der Waals surface area contributed by atoms with Crippen molar-refractivity contribution < 1.29 is 9.18 Å². The summed E-state index contributed by atoms with van der Waals surface area (Å²) in [5, 5.41) is 0.838. The summed E-state index contributed by atoms with van der Waals surface area (Å²) in [5.74, 6) is 0.781. The molecular formula is C16H20FN3OS. The first-order valence-corrected chi connectivity index (χ1v) is 8.19. The van der Waals surface area contributed by atoms with Crippen molar-refractivity contribution in [1.29, 1.82) is 0 Å². The summed E-state index contributed by atoms with van der Waals surface area (Å²) >= 11 is 1.62. The molecule has 0 saturated heterocycles. The lowest BCUT2D eigenvalue weighted by atomic mass is 10.2. The minimum atomic E-state index is -0.260. The molecule has 0 aliphatic heterocycles. The Labute approximate surface area is 134 Å². The number of aromatic nitrogens is 2. The van der Waals surface area contributed by atoms with Gasteiger partial charge in [-0.3, -0.25) is 9.36 Å². The van der Waals surface area contributed by atoms with Crippen LogP contribution in [0.3, 0.4) is 0 Å². The average molecular weight is 321 g/mol. The zero-order valence-electron chi connectivity index (χ0n) is 12.8. The third kappa shape index (κ3) is 4.59. The molecule has 0 bridgehead atoms. The van der Waals surface area contributed by atoms with Crippen molar-refractivity contribution in [3.05, 3.63) is 42.5 Å². The normalized spacial score (nSPS) is 10.7. The Morgan fingerprint density at radius 2 is 2.18 bits per heavy atom. The molecule has 1 amide bonds. The van der Waals surface area contributed by atoms with E-state index in [2.05, 4.69) is 4.98 Å². The first-order chi connectivity index (χ1) is 10.6. The van der Waals surface area contributed by atoms with E-state index in [1.165, 1.54) is 12.1 Å². The van der Waals surface area contributed by atoms with Gasteiger partial charge in [-0.1, -0.05) is 17.8 Å². The van der Waals surface area contributed by atoms with Crippen LogP contribution in [0.5, 0.6) is 0 Å². The van der Waals surface area contributed by atoms with Crippen LogP contribution in [0.2, 0.25) is 0 Å². The summed E-state index contributed by atoms with van der Waals surface area (Å²) in [6.45, 7) is 0. The number of nitrogens with zero attached hydrogens (tertiary/aromatic N) is 3. The second-order valence-corrected chi connectivity index (χ2v) is 6.22. The SMILES string of the molecule is CN(C)C(=O)CCCCSc1nccn1-c1cccc(F)c1. The quantitative estimate of drug-likeness (QED) is 0.580. The van der Waals surface area contributed by atoms with Crippen LogP contribution in [0.15, 0.2) is 41.8 Å². The molecule has 2 aromatic rings. The van der Waals surface area contributed by atoms with E-state index in [9.17, 15) is 9.18 Å². The Balaban J connectivity index is 1.85. The van der Waals surface area contributed by atoms with Crippen molar-refractivity contribution >= 4 is 17.7 Å². The molecule has 1 heterocycles. The molecule has 0 spiro atoms. The maximum absolute atomic E-state index is 13.3. The first kappa shape index (κ1) is 16.5. The van der Waals surface area contributed by atoms with Gasteiger partial charge in [-0.2, -0.15) is 0 Å². The molecular weight excluding hydrogens is 301 g/mol. The number of rotatable bonds is 7. The minimum absolute atomic E-state index is 0.159. The van der Waals surface area contributed by atoms with Crippen molar-refractivity contribution in [3.63, 3.8) is 0 Å². The highest BCUT2D eigenvalue weighted by Crippen LogP contribution is 2.22. The second kappa shape index (κ2) is 7.98. The van der Waals surface area contributed by atoms with Crippen molar-refractivity contribution in [3.8, 4) is 5.69 Å². The zero-order valence-corrected chi connectivity index (χ0v) is 13.6. The van der Waals surface area contributed by atoms with Crippen LogP contribution < -0.4 is 0 Å². The van der Waals surface area contributed by atoms with E-state index in [0.717, 1.165) is 29.4 Å². The molecule has 0 N–H and O–H groups in total. The first-order valence-electron chi connectivity index (χ1n) is 7.20. The Bertz CT molecular complexity index is 627. The van der Waals surface area contributed by atoms with Crippen LogP contribution in [-0.4, -0.2) is 40.2 Å². The van der Waals surface area contributed by atoms with Gasteiger partial charge in [-0.25, -0.2) is 9.37 Å². The fourth-order valence-corrected chi connectivity index (χ4v) is 2.96. The summed E-state index contributed by atoms with van der Waals surface area (Å²) < 4.78 is 15.2. The summed E-state index contributed by atoms with van der Waals surface area (Å²) in [4.78, 5) is 17.4. The monoisotopic (exact) mass is 321 g/mol. The number of imidazole rings is 1. The third-order valence-electron chi connectivity index (χ3n) is 3.21. The number of hydrogen-bond acceptors (Lipinski definition) is 3. The predicted octanol–water partition coefficient (Wildman–Crippen LogP) is 3.36. The van der Waals surface area contributed by atoms with Gasteiger partial charge < -0.3 is 4.90 Å². The summed E-state index contributed by atoms with van der Waals surface area (Å²) in [5.41, 5.74) is 0.766. The molecule has 4 nitrogen and oxygen atoms in total. The van der Waals surface area contributed by atoms with Gasteiger partial charge in [0.15, 0.2) is 5.16 Å². The Morgan fingerprint density at radius 3 is 2.91 bits per heavy atom. The van der Waals surface area contributed by atoms with E-state index in [-0.39, 0.29) is 11.7 Å². The summed E-state index contributed by atoms with van der Waals surface area (Å²) in [6, 6.07) is 6.45. The maximum atomic E-state index is 13.3. The standard InChI is InChI=1S/C16H20FN3OS/c1-19(2)15(21)8-3-4-11-22-16-18-9-10-20(16)14-7-5-6-13(17)12-14/h5-7,9-10,12H,3-4,8,11H2,1-2H3. The highest BCUT2D eigenvalue weighted by atomic mass is 32.2. The van der Waals surface area contributed by atoms with Gasteiger partial charge in [0, 0.05) is 38.7 Å². The van der Waals surface area contributed by atoms with Gasteiger partial charge in [0.2, 0.25) is 5.91 Å². The molecule has 6 heteroatoms. The second-order valence-electron chi connectivity index (χ2n) is 5.15. The van der Waals surface area contributed by atoms with Gasteiger partial charge in [0.05, 0.1) is 5.69 Å². The van der Waals surface area contributed by atoms with E-state index in [1.807, 2.05) is 16.8 Å². The number of thioether (sulfide) groups is 1. The highest BCUT2D eigenvalue weighted by molar-refractivity contribution is 7.99. The molecule has 1 aromatic carbocycles. The van der Waals surface area contributed by atoms with Crippen LogP contribution in [0.4, 0.5) is 4.39 Å². The van der Waals surface area contributed by atoms with E-state index in [4.69, 9.17) is 0 Å². The average Bonchev–Trinajstić information content (AvgIpc) is 2.95. The van der Waals surface area contributed by atoms with Gasteiger partial charge in [-0.15, -0.1) is 0 Å². The molecule has 118 valence electrons. The van der Waals surface area contributed by atoms with Crippen LogP contribution in [-0.2, 0) is 4.79 Å². The van der Waals surface area contributed by atoms with Crippen molar-refractivity contribution in [2.75, 3.05) is 19.8 Å². The Hall–Kier alpha value is -1.82. The van der Waals surface area contributed by atoms with Gasteiger partial charge in [-0.05, 0) is 31.0 Å². The molecule has 0 aliphatic rings. The molecule has 0 radical (unpaired) electrons. The predicted molar refractivity (Wildman–Crippen MR) is 86.8 cm³/mol. The summed E-state index contributed by atoms with van der Waals surface area (Å²) in [6.07, 6.45) is 5.92. The number of benzene rings is 1. The molecule has 0 fully saturated rings. The van der Waals surface area contributed by atoms with E-state index in [0.29, 0.717) is 6.42 Å². The van der Waals surface area contributed by atoms with Gasteiger partial charge >= 0.3 is 0 Å². The lowest BCUT2D eigenvalue weighted by Crippen LogP contribution is -2.21. The number of hydrogen-bond donors (Lipinski definition) is 0. The topological polar surface area (TPSA) is 38.1 Å². The van der Waals surface area contributed by atoms with Crippen LogP contribution >= 0.6 is 11.8 Å². The molecule has 2 rings (SSSR count). The largest absolute Gasteiger partial charge is 0.349 e. The summed E-state index contributed by atoms with van der Waals surface area (Å²) in [7, 11) is 3.54. The number of unbranched alkanes of at least 4 members (excludes halogenated alkanes) is 1. The molecule has 0 unspecified atom stereocenters. The van der Waals surface area contributed by atoms with E-state index < -0.39 is 0 Å². The molecule has 0 aliphatic carbocycles. The molecule has 0 atom stereocenters. The lowest BCUT2D eigenvalue weighted by Gasteiger charge is -2.10. The van der Waals surface area contributed by atoms with Crippen molar-refractivity contribution in [2.45, 2.75) is 24.4 Å². The number of carbonyl (C=O) groups is 1. The Morgan fingerprint density at radius 1 is 1.36 bits per heavy atom. The fraction of sp³-hybridized carbons (Fsp3) is 0.375. The zero-order chi connectivity index (χ0) is 15.9. The number of amides is 1. The maximum Gasteiger partial charge on any atom is 0.222 e. The van der Waals surface area contributed by atoms with E-state index >= 15 is 0 Å². The van der Waals surface area contributed by atoms with Crippen molar-refractivity contribution in [1.82, 2.24) is 14.5 Å².